The van der Waals surface area contributed by atoms with Gasteiger partial charge in [0, 0.05) is 104 Å². The second-order valence-corrected chi connectivity index (χ2v) is 17.3. The van der Waals surface area contributed by atoms with Crippen molar-refractivity contribution in [2.45, 2.75) is 88.9 Å². The number of nitrogens with one attached hydrogen (secondary N) is 1. The number of carbonyl (C=O) groups is 3. The molecule has 15 heteroatoms. The fourth-order valence-electron chi connectivity index (χ4n) is 10.2. The van der Waals surface area contributed by atoms with Gasteiger partial charge in [-0.3, -0.25) is 33.6 Å². The molecule has 2 aromatic carbocycles. The Morgan fingerprint density at radius 2 is 1.72 bits per heavy atom. The zero-order chi connectivity index (χ0) is 42.1. The highest BCUT2D eigenvalue weighted by molar-refractivity contribution is 6.12. The molecule has 2 radical (unpaired) electrons. The number of piperidine rings is 2. The van der Waals surface area contributed by atoms with Crippen molar-refractivity contribution in [2.75, 3.05) is 42.6 Å². The highest BCUT2D eigenvalue weighted by atomic mass is 19.1. The topological polar surface area (TPSA) is 135 Å². The van der Waals surface area contributed by atoms with Crippen molar-refractivity contribution in [1.29, 1.82) is 0 Å². The van der Waals surface area contributed by atoms with Gasteiger partial charge in [-0.1, -0.05) is 0 Å². The van der Waals surface area contributed by atoms with E-state index in [2.05, 4.69) is 33.3 Å². The SMILES string of the molecule is [B]C(F)c1cc2c(cc1-c1cnn(C3CCN(c4ccc5c(c4)CN(C4CCC(=O)NC4=O)C5=O)CC3)c1)CCCN2c1nc(C2CCOCC2)cc2c1cc(C)c(=O)n2C. The minimum Gasteiger partial charge on any atom is -0.381 e. The standard InChI is InChI=1S/C46H48BFN8O5/c1-26-18-36-40(52(2)45(26)59)22-37(27-11-16-61-17-12-27)50-43(36)54-13-3-4-28-20-34(35(42(47)48)21-39(28)54)30-23-49-56(25-30)31-9-14-53(15-10-31)32-5-6-33-29(19-32)24-55(46(33)60)38-7-8-41(57)51-44(38)58/h5-6,18-23,25,27,31,38,42H,3-4,7-17,24H2,1-2H3,(H,51,57,58). The summed E-state index contributed by atoms with van der Waals surface area (Å²) in [6, 6.07) is 13.3. The molecule has 1 N–H and O–H groups in total. The zero-order valence-corrected chi connectivity index (χ0v) is 34.5. The molecule has 0 aliphatic carbocycles. The lowest BCUT2D eigenvalue weighted by molar-refractivity contribution is -0.136. The summed E-state index contributed by atoms with van der Waals surface area (Å²) in [7, 11) is 7.94. The molecule has 3 fully saturated rings. The summed E-state index contributed by atoms with van der Waals surface area (Å²) in [5, 5.41) is 8.05. The largest absolute Gasteiger partial charge is 0.381 e. The van der Waals surface area contributed by atoms with Crippen LogP contribution in [-0.4, -0.2) is 88.7 Å². The number of pyridine rings is 2. The molecule has 0 bridgehead atoms. The second-order valence-electron chi connectivity index (χ2n) is 17.3. The normalized spacial score (nSPS) is 20.6. The highest BCUT2D eigenvalue weighted by Gasteiger charge is 2.39. The minimum absolute atomic E-state index is 0.0394. The number of fused-ring (bicyclic) bond motifs is 3. The van der Waals surface area contributed by atoms with Crippen molar-refractivity contribution in [3.05, 3.63) is 98.7 Å². The number of alkyl halides is 1. The summed E-state index contributed by atoms with van der Waals surface area (Å²) in [5.41, 5.74) is 8.76. The lowest BCUT2D eigenvalue weighted by Gasteiger charge is -2.34. The number of aromatic nitrogens is 4. The molecule has 3 saturated heterocycles. The number of hydrogen-bond acceptors (Lipinski definition) is 9. The number of nitrogens with zero attached hydrogens (tertiary/aromatic N) is 7. The van der Waals surface area contributed by atoms with Gasteiger partial charge >= 0.3 is 0 Å². The third-order valence-corrected chi connectivity index (χ3v) is 13.6. The molecule has 61 heavy (non-hydrogen) atoms. The van der Waals surface area contributed by atoms with E-state index in [1.165, 1.54) is 0 Å². The van der Waals surface area contributed by atoms with Gasteiger partial charge in [-0.15, -0.1) is 0 Å². The number of carbonyl (C=O) groups excluding carboxylic acids is 3. The third-order valence-electron chi connectivity index (χ3n) is 13.6. The molecule has 5 aliphatic heterocycles. The van der Waals surface area contributed by atoms with E-state index < -0.39 is 18.0 Å². The molecule has 5 aliphatic rings. The summed E-state index contributed by atoms with van der Waals surface area (Å²) in [4.78, 5) is 62.0. The molecule has 312 valence electrons. The van der Waals surface area contributed by atoms with Crippen molar-refractivity contribution >= 4 is 53.7 Å². The van der Waals surface area contributed by atoms with E-state index in [4.69, 9.17) is 22.7 Å². The summed E-state index contributed by atoms with van der Waals surface area (Å²) >= 11 is 0. The van der Waals surface area contributed by atoms with Gasteiger partial charge in [0.2, 0.25) is 11.8 Å². The first-order valence-electron chi connectivity index (χ1n) is 21.5. The van der Waals surface area contributed by atoms with Gasteiger partial charge in [0.1, 0.15) is 19.7 Å². The number of hydrogen-bond donors (Lipinski definition) is 1. The van der Waals surface area contributed by atoms with E-state index in [9.17, 15) is 19.2 Å². The van der Waals surface area contributed by atoms with Gasteiger partial charge in [-0.05, 0) is 117 Å². The van der Waals surface area contributed by atoms with Crippen LogP contribution in [0.5, 0.6) is 0 Å². The Morgan fingerprint density at radius 1 is 0.918 bits per heavy atom. The zero-order valence-electron chi connectivity index (χ0n) is 34.5. The van der Waals surface area contributed by atoms with Crippen LogP contribution in [0.2, 0.25) is 0 Å². The number of halogens is 1. The Labute approximate surface area is 354 Å². The lowest BCUT2D eigenvalue weighted by atomic mass is 9.85. The Morgan fingerprint density at radius 3 is 2.49 bits per heavy atom. The molecule has 3 amide bonds. The van der Waals surface area contributed by atoms with Gasteiger partial charge in [-0.25, -0.2) is 4.98 Å². The van der Waals surface area contributed by atoms with Crippen LogP contribution in [0, 0.1) is 6.92 Å². The fraction of sp³-hybridized carbons (Fsp3) is 0.435. The highest BCUT2D eigenvalue weighted by Crippen LogP contribution is 2.43. The van der Waals surface area contributed by atoms with E-state index in [-0.39, 0.29) is 35.8 Å². The first-order chi connectivity index (χ1) is 29.5. The average molecular weight is 823 g/mol. The Bertz CT molecular complexity index is 2660. The summed E-state index contributed by atoms with van der Waals surface area (Å²) in [6.07, 6.45) is 7.73. The van der Waals surface area contributed by atoms with Crippen LogP contribution in [-0.2, 0) is 34.3 Å². The third kappa shape index (κ3) is 7.00. The van der Waals surface area contributed by atoms with E-state index in [1.807, 2.05) is 55.3 Å². The molecule has 0 spiro atoms. The maximum absolute atomic E-state index is 15.6. The van der Waals surface area contributed by atoms with Gasteiger partial charge in [-0.2, -0.15) is 5.10 Å². The second kappa shape index (κ2) is 15.6. The quantitative estimate of drug-likeness (QED) is 0.159. The Hall–Kier alpha value is -5.83. The molecule has 2 unspecified atom stereocenters. The molecule has 13 nitrogen and oxygen atoms in total. The molecular weight excluding hydrogens is 774 g/mol. The summed E-state index contributed by atoms with van der Waals surface area (Å²) < 4.78 is 25.0. The van der Waals surface area contributed by atoms with Crippen molar-refractivity contribution in [3.63, 3.8) is 0 Å². The van der Waals surface area contributed by atoms with Crippen molar-refractivity contribution in [1.82, 2.24) is 29.5 Å². The van der Waals surface area contributed by atoms with Crippen molar-refractivity contribution in [2.24, 2.45) is 7.05 Å². The Balaban J connectivity index is 0.892. The first kappa shape index (κ1) is 39.3. The molecule has 0 saturated carbocycles. The van der Waals surface area contributed by atoms with Crippen LogP contribution in [0.25, 0.3) is 22.0 Å². The van der Waals surface area contributed by atoms with Crippen LogP contribution in [0.15, 0.2) is 59.7 Å². The van der Waals surface area contributed by atoms with E-state index >= 15 is 4.39 Å². The van der Waals surface area contributed by atoms with Crippen LogP contribution < -0.4 is 20.7 Å². The smallest absolute Gasteiger partial charge is 0.255 e. The van der Waals surface area contributed by atoms with Crippen LogP contribution in [0.1, 0.15) is 101 Å². The van der Waals surface area contributed by atoms with Crippen molar-refractivity contribution < 1.29 is 23.5 Å². The summed E-state index contributed by atoms with van der Waals surface area (Å²) in [6.45, 7) is 5.77. The van der Waals surface area contributed by atoms with E-state index in [0.29, 0.717) is 49.4 Å². The molecule has 2 atom stereocenters. The number of imide groups is 1. The van der Waals surface area contributed by atoms with E-state index in [0.717, 1.165) is 108 Å². The predicted molar refractivity (Wildman–Crippen MR) is 230 cm³/mol. The number of amides is 3. The molecule has 3 aromatic heterocycles. The molecule has 8 heterocycles. The maximum Gasteiger partial charge on any atom is 0.255 e. The number of ether oxygens (including phenoxy) is 1. The monoisotopic (exact) mass is 822 g/mol. The first-order valence-corrected chi connectivity index (χ1v) is 21.5. The number of aryl methyl sites for hydroxylation is 3. The number of anilines is 3. The molecule has 10 rings (SSSR count). The van der Waals surface area contributed by atoms with Crippen molar-refractivity contribution in [3.8, 4) is 11.1 Å². The minimum atomic E-state index is -1.73. The van der Waals surface area contributed by atoms with E-state index in [1.54, 1.807) is 9.47 Å². The predicted octanol–water partition coefficient (Wildman–Crippen LogP) is 5.82. The number of benzene rings is 2. The maximum atomic E-state index is 15.6. The van der Waals surface area contributed by atoms with Gasteiger partial charge in [0.05, 0.1) is 23.8 Å². The van der Waals surface area contributed by atoms with Crippen LogP contribution in [0.3, 0.4) is 0 Å². The van der Waals surface area contributed by atoms with Crippen LogP contribution in [0.4, 0.5) is 21.6 Å². The molecule has 5 aromatic rings. The van der Waals surface area contributed by atoms with Gasteiger partial charge < -0.3 is 24.0 Å². The summed E-state index contributed by atoms with van der Waals surface area (Å²) in [5.74, 6) is 0.0895. The van der Waals surface area contributed by atoms with Gasteiger partial charge in [0.25, 0.3) is 11.5 Å². The van der Waals surface area contributed by atoms with Crippen LogP contribution >= 0.6 is 0 Å². The fourth-order valence-corrected chi connectivity index (χ4v) is 10.2. The van der Waals surface area contributed by atoms with Gasteiger partial charge in [0.15, 0.2) is 0 Å². The Kier molecular flexibility index (Phi) is 10.0. The average Bonchev–Trinajstić information content (AvgIpc) is 3.90. The number of rotatable bonds is 7. The lowest BCUT2D eigenvalue weighted by Crippen LogP contribution is -2.52. The molecular formula is C46H48BFN8O5.